The monoisotopic (exact) mass is 501 g/mol. The molecule has 1 heterocycles. The highest BCUT2D eigenvalue weighted by molar-refractivity contribution is 6.12. The number of hydrogen-bond donors (Lipinski definition) is 1. The van der Waals surface area contributed by atoms with Crippen molar-refractivity contribution < 1.29 is 18.7 Å². The van der Waals surface area contributed by atoms with Gasteiger partial charge >= 0.3 is 0 Å². The Morgan fingerprint density at radius 3 is 2.54 bits per heavy atom. The molecule has 2 amide bonds. The van der Waals surface area contributed by atoms with E-state index >= 15 is 0 Å². The van der Waals surface area contributed by atoms with Crippen molar-refractivity contribution in [2.45, 2.75) is 26.2 Å². The number of fused-ring (bicyclic) bond motifs is 1. The Balaban J connectivity index is 1.38. The summed E-state index contributed by atoms with van der Waals surface area (Å²) in [6.07, 6.45) is 4.49. The number of ether oxygens (including phenoxy) is 1. The topological polar surface area (TPSA) is 61.9 Å². The van der Waals surface area contributed by atoms with Crippen molar-refractivity contribution in [3.8, 4) is 5.75 Å². The molecule has 0 aliphatic carbocycles. The van der Waals surface area contributed by atoms with Crippen LogP contribution in [0.3, 0.4) is 0 Å². The summed E-state index contributed by atoms with van der Waals surface area (Å²) in [6, 6.07) is 23.2. The first-order valence-electron chi connectivity index (χ1n) is 12.7. The zero-order valence-electron chi connectivity index (χ0n) is 21.0. The van der Waals surface area contributed by atoms with Crippen LogP contribution in [0.4, 0.5) is 15.8 Å². The second-order valence-corrected chi connectivity index (χ2v) is 8.90. The number of para-hydroxylation sites is 3. The van der Waals surface area contributed by atoms with Crippen molar-refractivity contribution in [3.63, 3.8) is 0 Å². The molecule has 192 valence electrons. The average Bonchev–Trinajstić information content (AvgIpc) is 2.91. The van der Waals surface area contributed by atoms with E-state index in [-0.39, 0.29) is 18.2 Å². The molecule has 7 heteroatoms. The standard InChI is InChI=1S/C30H32FN3O3/c1-2-3-18-33(25-13-5-4-6-14-25)19-10-17-32-29(35)22-34-26-15-7-8-16-27(26)37-28(30(34)36)21-23-11-9-12-24(31)20-23/h4-9,11-16,20-21H,2-3,10,17-19,22H2,1H3,(H,32,35). The summed E-state index contributed by atoms with van der Waals surface area (Å²) in [7, 11) is 0. The molecule has 0 aromatic heterocycles. The quantitative estimate of drug-likeness (QED) is 0.282. The van der Waals surface area contributed by atoms with Crippen molar-refractivity contribution in [1.82, 2.24) is 5.32 Å². The van der Waals surface area contributed by atoms with Gasteiger partial charge in [0.05, 0.1) is 5.69 Å². The molecule has 0 atom stereocenters. The number of halogens is 1. The van der Waals surface area contributed by atoms with Crippen molar-refractivity contribution in [2.24, 2.45) is 0 Å². The minimum atomic E-state index is -0.451. The van der Waals surface area contributed by atoms with Crippen molar-refractivity contribution in [2.75, 3.05) is 36.0 Å². The molecule has 1 N–H and O–H groups in total. The second kappa shape index (κ2) is 12.7. The molecule has 37 heavy (non-hydrogen) atoms. The van der Waals surface area contributed by atoms with Gasteiger partial charge in [-0.05, 0) is 60.9 Å². The Kier molecular flexibility index (Phi) is 8.92. The van der Waals surface area contributed by atoms with Crippen LogP contribution in [0.2, 0.25) is 0 Å². The van der Waals surface area contributed by atoms with Gasteiger partial charge in [0.2, 0.25) is 5.91 Å². The number of benzene rings is 3. The normalized spacial score (nSPS) is 13.7. The van der Waals surface area contributed by atoms with Gasteiger partial charge in [-0.3, -0.25) is 14.5 Å². The number of nitrogens with zero attached hydrogens (tertiary/aromatic N) is 2. The van der Waals surface area contributed by atoms with E-state index < -0.39 is 11.7 Å². The maximum Gasteiger partial charge on any atom is 0.294 e. The summed E-state index contributed by atoms with van der Waals surface area (Å²) in [5.74, 6) is -0.615. The zero-order chi connectivity index (χ0) is 26.0. The molecular weight excluding hydrogens is 469 g/mol. The van der Waals surface area contributed by atoms with Crippen LogP contribution in [-0.4, -0.2) is 38.0 Å². The summed E-state index contributed by atoms with van der Waals surface area (Å²) in [4.78, 5) is 29.8. The number of carbonyl (C=O) groups excluding carboxylic acids is 2. The number of unbranched alkanes of at least 4 members (excludes halogenated alkanes) is 1. The maximum absolute atomic E-state index is 13.6. The number of rotatable bonds is 11. The lowest BCUT2D eigenvalue weighted by atomic mass is 10.1. The van der Waals surface area contributed by atoms with Crippen LogP contribution in [0, 0.1) is 5.82 Å². The summed E-state index contributed by atoms with van der Waals surface area (Å²) < 4.78 is 19.4. The first kappa shape index (κ1) is 25.9. The Morgan fingerprint density at radius 2 is 1.76 bits per heavy atom. The minimum Gasteiger partial charge on any atom is -0.449 e. The number of nitrogens with one attached hydrogen (secondary N) is 1. The molecule has 0 saturated heterocycles. The van der Waals surface area contributed by atoms with Crippen LogP contribution in [0.1, 0.15) is 31.7 Å². The Morgan fingerprint density at radius 1 is 1.00 bits per heavy atom. The summed E-state index contributed by atoms with van der Waals surface area (Å²) in [5, 5.41) is 2.95. The lowest BCUT2D eigenvalue weighted by molar-refractivity contribution is -0.123. The molecule has 3 aromatic carbocycles. The fourth-order valence-corrected chi connectivity index (χ4v) is 4.22. The lowest BCUT2D eigenvalue weighted by Crippen LogP contribution is -2.44. The predicted molar refractivity (Wildman–Crippen MR) is 145 cm³/mol. The van der Waals surface area contributed by atoms with Crippen molar-refractivity contribution >= 4 is 29.3 Å². The zero-order valence-corrected chi connectivity index (χ0v) is 21.0. The third kappa shape index (κ3) is 6.97. The first-order chi connectivity index (χ1) is 18.0. The molecular formula is C30H32FN3O3. The van der Waals surface area contributed by atoms with E-state index in [1.807, 2.05) is 18.2 Å². The number of carbonyl (C=O) groups is 2. The smallest absolute Gasteiger partial charge is 0.294 e. The van der Waals surface area contributed by atoms with Gasteiger partial charge in [0.25, 0.3) is 5.91 Å². The largest absolute Gasteiger partial charge is 0.449 e. The van der Waals surface area contributed by atoms with E-state index in [4.69, 9.17) is 4.74 Å². The highest BCUT2D eigenvalue weighted by Crippen LogP contribution is 2.35. The van der Waals surface area contributed by atoms with E-state index in [0.29, 0.717) is 23.5 Å². The highest BCUT2D eigenvalue weighted by atomic mass is 19.1. The van der Waals surface area contributed by atoms with Crippen molar-refractivity contribution in [3.05, 3.63) is 96.0 Å². The average molecular weight is 502 g/mol. The Bertz CT molecular complexity index is 1250. The van der Waals surface area contributed by atoms with Gasteiger partial charge in [-0.2, -0.15) is 0 Å². The SMILES string of the molecule is CCCCN(CCCNC(=O)CN1C(=O)C(=Cc2cccc(F)c2)Oc2ccccc21)c1ccccc1. The minimum absolute atomic E-state index is 0.0338. The molecule has 0 radical (unpaired) electrons. The van der Waals surface area contributed by atoms with Crippen LogP contribution >= 0.6 is 0 Å². The molecule has 0 bridgehead atoms. The van der Waals surface area contributed by atoms with Crippen LogP contribution in [0.5, 0.6) is 5.75 Å². The van der Waals surface area contributed by atoms with Gasteiger partial charge in [0, 0.05) is 25.3 Å². The van der Waals surface area contributed by atoms with Crippen molar-refractivity contribution in [1.29, 1.82) is 0 Å². The number of anilines is 2. The van der Waals surface area contributed by atoms with Gasteiger partial charge in [-0.15, -0.1) is 0 Å². The molecule has 0 fully saturated rings. The number of amides is 2. The second-order valence-electron chi connectivity index (χ2n) is 8.90. The van der Waals surface area contributed by atoms with Gasteiger partial charge in [0.1, 0.15) is 12.4 Å². The summed E-state index contributed by atoms with van der Waals surface area (Å²) >= 11 is 0. The molecule has 1 aliphatic rings. The molecule has 1 aliphatic heterocycles. The fourth-order valence-electron chi connectivity index (χ4n) is 4.22. The van der Waals surface area contributed by atoms with Gasteiger partial charge < -0.3 is 15.0 Å². The Labute approximate surface area is 217 Å². The molecule has 3 aromatic rings. The summed E-state index contributed by atoms with van der Waals surface area (Å²) in [6.45, 7) is 4.32. The van der Waals surface area contributed by atoms with E-state index in [9.17, 15) is 14.0 Å². The van der Waals surface area contributed by atoms with Crippen LogP contribution < -0.4 is 19.9 Å². The van der Waals surface area contributed by atoms with Gasteiger partial charge in [-0.25, -0.2) is 4.39 Å². The van der Waals surface area contributed by atoms with E-state index in [0.717, 1.165) is 32.4 Å². The van der Waals surface area contributed by atoms with Crippen LogP contribution in [-0.2, 0) is 9.59 Å². The third-order valence-corrected chi connectivity index (χ3v) is 6.11. The van der Waals surface area contributed by atoms with E-state index in [1.54, 1.807) is 36.4 Å². The molecule has 0 spiro atoms. The van der Waals surface area contributed by atoms with Gasteiger partial charge in [-0.1, -0.05) is 55.8 Å². The molecule has 0 saturated carbocycles. The Hall–Kier alpha value is -4.13. The predicted octanol–water partition coefficient (Wildman–Crippen LogP) is 5.41. The molecule has 6 nitrogen and oxygen atoms in total. The van der Waals surface area contributed by atoms with E-state index in [2.05, 4.69) is 29.3 Å². The highest BCUT2D eigenvalue weighted by Gasteiger charge is 2.31. The summed E-state index contributed by atoms with van der Waals surface area (Å²) in [5.41, 5.74) is 2.20. The first-order valence-corrected chi connectivity index (χ1v) is 12.7. The fraction of sp³-hybridized carbons (Fsp3) is 0.267. The molecule has 4 rings (SSSR count). The van der Waals surface area contributed by atoms with E-state index in [1.165, 1.54) is 28.8 Å². The van der Waals surface area contributed by atoms with Gasteiger partial charge in [0.15, 0.2) is 11.5 Å². The molecule has 0 unspecified atom stereocenters. The van der Waals surface area contributed by atoms with Crippen LogP contribution in [0.25, 0.3) is 6.08 Å². The van der Waals surface area contributed by atoms with Crippen LogP contribution in [0.15, 0.2) is 84.6 Å². The maximum atomic E-state index is 13.6. The third-order valence-electron chi connectivity index (χ3n) is 6.11. The lowest BCUT2D eigenvalue weighted by Gasteiger charge is -2.30. The number of hydrogen-bond acceptors (Lipinski definition) is 4.